The Kier molecular flexibility index (Phi) is 4.40. The van der Waals surface area contributed by atoms with Gasteiger partial charge in [-0.15, -0.1) is 0 Å². The van der Waals surface area contributed by atoms with Gasteiger partial charge in [-0.05, 0) is 70.3 Å². The second-order valence-corrected chi connectivity index (χ2v) is 7.19. The molecule has 20 heavy (non-hydrogen) atoms. The summed E-state index contributed by atoms with van der Waals surface area (Å²) in [7, 11) is 1.91. The normalized spacial score (nSPS) is 32.4. The Hall–Kier alpha value is -0.120. The molecule has 2 unspecified atom stereocenters. The first-order valence-electron chi connectivity index (χ1n) is 8.66. The van der Waals surface area contributed by atoms with Crippen LogP contribution in [0.2, 0.25) is 0 Å². The molecule has 2 aliphatic carbocycles. The third-order valence-corrected chi connectivity index (χ3v) is 6.05. The first kappa shape index (κ1) is 14.8. The van der Waals surface area contributed by atoms with E-state index in [4.69, 9.17) is 9.47 Å². The molecule has 1 aliphatic heterocycles. The highest BCUT2D eigenvalue weighted by atomic mass is 16.5. The summed E-state index contributed by atoms with van der Waals surface area (Å²) in [6.07, 6.45) is 11.4. The third kappa shape index (κ3) is 2.53. The van der Waals surface area contributed by atoms with E-state index in [1.165, 1.54) is 57.8 Å². The lowest BCUT2D eigenvalue weighted by atomic mass is 9.64. The molecule has 1 N–H and O–H groups in total. The number of rotatable bonds is 6. The minimum absolute atomic E-state index is 0.113. The van der Waals surface area contributed by atoms with Gasteiger partial charge in [-0.2, -0.15) is 0 Å². The van der Waals surface area contributed by atoms with Crippen molar-refractivity contribution in [2.24, 2.45) is 5.92 Å². The number of ether oxygens (including phenoxy) is 2. The molecule has 0 aromatic heterocycles. The average molecular weight is 281 g/mol. The maximum absolute atomic E-state index is 6.12. The van der Waals surface area contributed by atoms with E-state index in [1.54, 1.807) is 0 Å². The SMILES string of the molecule is CCCNC(C1CCOC2(CCC2)C1)C1(OC)CCC1. The second-order valence-electron chi connectivity index (χ2n) is 7.19. The molecular formula is C17H31NO2. The molecule has 3 heteroatoms. The number of methoxy groups -OCH3 is 1. The van der Waals surface area contributed by atoms with Gasteiger partial charge >= 0.3 is 0 Å². The summed E-state index contributed by atoms with van der Waals surface area (Å²) in [5.41, 5.74) is 0.357. The maximum Gasteiger partial charge on any atom is 0.0833 e. The van der Waals surface area contributed by atoms with Crippen LogP contribution in [0.25, 0.3) is 0 Å². The van der Waals surface area contributed by atoms with Gasteiger partial charge in [0.1, 0.15) is 0 Å². The van der Waals surface area contributed by atoms with Crippen LogP contribution in [0.3, 0.4) is 0 Å². The predicted octanol–water partition coefficient (Wildman–Crippen LogP) is 3.27. The van der Waals surface area contributed by atoms with Crippen LogP contribution in [-0.4, -0.2) is 37.5 Å². The smallest absolute Gasteiger partial charge is 0.0833 e. The van der Waals surface area contributed by atoms with Gasteiger partial charge in [0, 0.05) is 19.8 Å². The molecular weight excluding hydrogens is 250 g/mol. The van der Waals surface area contributed by atoms with Gasteiger partial charge in [0.05, 0.1) is 11.2 Å². The third-order valence-electron chi connectivity index (χ3n) is 6.05. The molecule has 3 fully saturated rings. The zero-order valence-corrected chi connectivity index (χ0v) is 13.2. The summed E-state index contributed by atoms with van der Waals surface area (Å²) in [5.74, 6) is 0.732. The molecule has 116 valence electrons. The zero-order valence-electron chi connectivity index (χ0n) is 13.2. The Morgan fingerprint density at radius 2 is 2.00 bits per heavy atom. The van der Waals surface area contributed by atoms with Crippen molar-refractivity contribution in [1.29, 1.82) is 0 Å². The summed E-state index contributed by atoms with van der Waals surface area (Å²) in [6.45, 7) is 4.32. The van der Waals surface area contributed by atoms with Crippen LogP contribution >= 0.6 is 0 Å². The van der Waals surface area contributed by atoms with Crippen molar-refractivity contribution < 1.29 is 9.47 Å². The summed E-state index contributed by atoms with van der Waals surface area (Å²) in [5, 5.41) is 3.84. The maximum atomic E-state index is 6.12. The minimum atomic E-state index is 0.113. The van der Waals surface area contributed by atoms with Gasteiger partial charge in [0.15, 0.2) is 0 Å². The lowest BCUT2D eigenvalue weighted by molar-refractivity contribution is -0.171. The Morgan fingerprint density at radius 1 is 1.25 bits per heavy atom. The van der Waals surface area contributed by atoms with Gasteiger partial charge in [0.2, 0.25) is 0 Å². The standard InChI is InChI=1S/C17H31NO2/c1-3-11-18-15(17(19-2)9-5-10-17)14-6-12-20-16(13-14)7-4-8-16/h14-15,18H,3-13H2,1-2H3. The Labute approximate surface area is 123 Å². The summed E-state index contributed by atoms with van der Waals surface area (Å²) >= 11 is 0. The highest BCUT2D eigenvalue weighted by Gasteiger charge is 2.51. The van der Waals surface area contributed by atoms with E-state index in [1.807, 2.05) is 7.11 Å². The highest BCUT2D eigenvalue weighted by molar-refractivity contribution is 5.06. The van der Waals surface area contributed by atoms with Crippen LogP contribution < -0.4 is 5.32 Å². The predicted molar refractivity (Wildman–Crippen MR) is 80.9 cm³/mol. The van der Waals surface area contributed by atoms with Gasteiger partial charge in [-0.25, -0.2) is 0 Å². The fourth-order valence-electron chi connectivity index (χ4n) is 4.52. The minimum Gasteiger partial charge on any atom is -0.377 e. The fraction of sp³-hybridized carbons (Fsp3) is 1.00. The Morgan fingerprint density at radius 3 is 2.50 bits per heavy atom. The van der Waals surface area contributed by atoms with Gasteiger partial charge in [0.25, 0.3) is 0 Å². The number of hydrogen-bond donors (Lipinski definition) is 1. The molecule has 3 nitrogen and oxygen atoms in total. The molecule has 0 amide bonds. The van der Waals surface area contributed by atoms with Crippen molar-refractivity contribution in [2.45, 2.75) is 82.0 Å². The van der Waals surface area contributed by atoms with Crippen molar-refractivity contribution in [3.8, 4) is 0 Å². The lowest BCUT2D eigenvalue weighted by Crippen LogP contribution is -2.62. The van der Waals surface area contributed by atoms with Crippen LogP contribution in [0, 0.1) is 5.92 Å². The summed E-state index contributed by atoms with van der Waals surface area (Å²) in [4.78, 5) is 0. The fourth-order valence-corrected chi connectivity index (χ4v) is 4.52. The topological polar surface area (TPSA) is 30.5 Å². The van der Waals surface area contributed by atoms with Crippen molar-refractivity contribution >= 4 is 0 Å². The molecule has 0 bridgehead atoms. The van der Waals surface area contributed by atoms with E-state index in [0.717, 1.165) is 19.1 Å². The molecule has 0 aromatic rings. The van der Waals surface area contributed by atoms with E-state index in [2.05, 4.69) is 12.2 Å². The number of hydrogen-bond acceptors (Lipinski definition) is 3. The molecule has 1 spiro atoms. The van der Waals surface area contributed by atoms with E-state index in [-0.39, 0.29) is 11.2 Å². The molecule has 1 heterocycles. The summed E-state index contributed by atoms with van der Waals surface area (Å²) < 4.78 is 12.1. The summed E-state index contributed by atoms with van der Waals surface area (Å²) in [6, 6.07) is 0.530. The molecule has 2 saturated carbocycles. The van der Waals surface area contributed by atoms with Crippen LogP contribution in [0.1, 0.15) is 64.7 Å². The first-order chi connectivity index (χ1) is 9.74. The molecule has 0 radical (unpaired) electrons. The quantitative estimate of drug-likeness (QED) is 0.810. The van der Waals surface area contributed by atoms with E-state index >= 15 is 0 Å². The molecule has 3 rings (SSSR count). The zero-order chi connectivity index (χ0) is 14.1. The second kappa shape index (κ2) is 5.94. The molecule has 1 saturated heterocycles. The van der Waals surface area contributed by atoms with Crippen LogP contribution in [0.15, 0.2) is 0 Å². The van der Waals surface area contributed by atoms with Crippen LogP contribution in [0.4, 0.5) is 0 Å². The Bertz CT molecular complexity index is 317. The van der Waals surface area contributed by atoms with Gasteiger partial charge in [-0.3, -0.25) is 0 Å². The first-order valence-corrected chi connectivity index (χ1v) is 8.66. The van der Waals surface area contributed by atoms with Crippen LogP contribution in [-0.2, 0) is 9.47 Å². The number of nitrogens with one attached hydrogen (secondary N) is 1. The molecule has 3 aliphatic rings. The van der Waals surface area contributed by atoms with E-state index in [0.29, 0.717) is 6.04 Å². The van der Waals surface area contributed by atoms with Gasteiger partial charge in [-0.1, -0.05) is 6.92 Å². The van der Waals surface area contributed by atoms with Crippen molar-refractivity contribution in [2.75, 3.05) is 20.3 Å². The largest absolute Gasteiger partial charge is 0.377 e. The van der Waals surface area contributed by atoms with Crippen LogP contribution in [0.5, 0.6) is 0 Å². The van der Waals surface area contributed by atoms with E-state index in [9.17, 15) is 0 Å². The highest BCUT2D eigenvalue weighted by Crippen LogP contribution is 2.49. The Balaban J connectivity index is 1.70. The molecule has 0 aromatic carbocycles. The van der Waals surface area contributed by atoms with Crippen molar-refractivity contribution in [3.05, 3.63) is 0 Å². The van der Waals surface area contributed by atoms with Crippen molar-refractivity contribution in [3.63, 3.8) is 0 Å². The van der Waals surface area contributed by atoms with E-state index < -0.39 is 0 Å². The van der Waals surface area contributed by atoms with Gasteiger partial charge < -0.3 is 14.8 Å². The average Bonchev–Trinajstić information content (AvgIpc) is 2.40. The molecule has 2 atom stereocenters. The lowest BCUT2D eigenvalue weighted by Gasteiger charge is -2.54. The monoisotopic (exact) mass is 281 g/mol. The van der Waals surface area contributed by atoms with Crippen molar-refractivity contribution in [1.82, 2.24) is 5.32 Å².